The van der Waals surface area contributed by atoms with Crippen LogP contribution >= 0.6 is 0 Å². The minimum atomic E-state index is -0.430. The van der Waals surface area contributed by atoms with Crippen molar-refractivity contribution in [3.63, 3.8) is 0 Å². The summed E-state index contributed by atoms with van der Waals surface area (Å²) >= 11 is 0. The van der Waals surface area contributed by atoms with E-state index in [9.17, 15) is 9.90 Å². The Morgan fingerprint density at radius 3 is 2.93 bits per heavy atom. The van der Waals surface area contributed by atoms with E-state index in [0.29, 0.717) is 13.2 Å². The number of anilines is 1. The molecule has 0 bridgehead atoms. The molecule has 1 aliphatic heterocycles. The number of urea groups is 1. The van der Waals surface area contributed by atoms with Crippen LogP contribution in [0.15, 0.2) is 36.5 Å². The van der Waals surface area contributed by atoms with Crippen LogP contribution in [0.4, 0.5) is 10.5 Å². The third-order valence-corrected chi connectivity index (χ3v) is 4.70. The summed E-state index contributed by atoms with van der Waals surface area (Å²) in [6, 6.07) is 8.70. The van der Waals surface area contributed by atoms with E-state index in [4.69, 9.17) is 9.47 Å². The summed E-state index contributed by atoms with van der Waals surface area (Å²) in [5, 5.41) is 23.5. The summed E-state index contributed by atoms with van der Waals surface area (Å²) < 4.78 is 12.8. The quantitative estimate of drug-likeness (QED) is 0.632. The lowest BCUT2D eigenvalue weighted by Gasteiger charge is -2.36. The number of carbonyl (C=O) groups excluding carboxylic acids is 1. The van der Waals surface area contributed by atoms with Gasteiger partial charge in [-0.15, -0.1) is 5.10 Å². The van der Waals surface area contributed by atoms with Crippen LogP contribution in [0.3, 0.4) is 0 Å². The minimum absolute atomic E-state index is 0.00228. The molecule has 3 atom stereocenters. The number of carbonyl (C=O) groups is 1. The average molecular weight is 389 g/mol. The number of methoxy groups -OCH3 is 1. The van der Waals surface area contributed by atoms with E-state index in [1.165, 1.54) is 0 Å². The van der Waals surface area contributed by atoms with Gasteiger partial charge in [0.1, 0.15) is 11.8 Å². The summed E-state index contributed by atoms with van der Waals surface area (Å²) in [7, 11) is 1.62. The molecule has 1 fully saturated rings. The van der Waals surface area contributed by atoms with Crippen molar-refractivity contribution < 1.29 is 19.4 Å². The Bertz CT molecular complexity index is 739. The molecule has 3 N–H and O–H groups in total. The van der Waals surface area contributed by atoms with Crippen molar-refractivity contribution in [1.82, 2.24) is 20.3 Å². The van der Waals surface area contributed by atoms with Crippen molar-refractivity contribution in [2.45, 2.75) is 50.7 Å². The van der Waals surface area contributed by atoms with E-state index in [2.05, 4.69) is 20.9 Å². The third kappa shape index (κ3) is 5.75. The molecule has 1 saturated heterocycles. The van der Waals surface area contributed by atoms with Gasteiger partial charge in [-0.2, -0.15) is 0 Å². The van der Waals surface area contributed by atoms with Gasteiger partial charge >= 0.3 is 6.03 Å². The highest BCUT2D eigenvalue weighted by atomic mass is 16.5. The van der Waals surface area contributed by atoms with Crippen LogP contribution in [0.25, 0.3) is 0 Å². The molecule has 1 aromatic heterocycles. The van der Waals surface area contributed by atoms with Gasteiger partial charge in [0.05, 0.1) is 31.6 Å². The summed E-state index contributed by atoms with van der Waals surface area (Å²) in [6.45, 7) is 0.963. The van der Waals surface area contributed by atoms with E-state index < -0.39 is 6.10 Å². The number of aliphatic hydroxyl groups excluding tert-OH is 1. The Balaban J connectivity index is 1.45. The van der Waals surface area contributed by atoms with Crippen LogP contribution < -0.4 is 10.6 Å². The van der Waals surface area contributed by atoms with Crippen molar-refractivity contribution in [1.29, 1.82) is 0 Å². The highest BCUT2D eigenvalue weighted by Gasteiger charge is 2.31. The Kier molecular flexibility index (Phi) is 7.35. The molecule has 28 heavy (non-hydrogen) atoms. The fourth-order valence-electron chi connectivity index (χ4n) is 3.30. The molecule has 0 unspecified atom stereocenters. The topological polar surface area (TPSA) is 111 Å². The molecule has 0 radical (unpaired) electrons. The van der Waals surface area contributed by atoms with Gasteiger partial charge in [0.25, 0.3) is 0 Å². The summed E-state index contributed by atoms with van der Waals surface area (Å²) in [4.78, 5) is 12.2. The SMILES string of the molecule is COCc1cn(CC[C@@H]2CC[C@H](NC(=O)Nc3ccccc3)[C@@H](CO)O2)nn1. The predicted molar refractivity (Wildman–Crippen MR) is 103 cm³/mol. The zero-order chi connectivity index (χ0) is 19.8. The number of hydrogen-bond donors (Lipinski definition) is 3. The molecule has 2 heterocycles. The van der Waals surface area contributed by atoms with Gasteiger partial charge in [-0.3, -0.25) is 4.68 Å². The average Bonchev–Trinajstić information content (AvgIpc) is 3.15. The first-order chi connectivity index (χ1) is 13.7. The Hall–Kier alpha value is -2.49. The lowest BCUT2D eigenvalue weighted by atomic mass is 9.97. The number of amides is 2. The van der Waals surface area contributed by atoms with Crippen molar-refractivity contribution >= 4 is 11.7 Å². The van der Waals surface area contributed by atoms with E-state index in [1.807, 2.05) is 36.5 Å². The molecule has 2 amide bonds. The Labute approximate surface area is 164 Å². The molecular weight excluding hydrogens is 362 g/mol. The first-order valence-electron chi connectivity index (χ1n) is 9.44. The number of aryl methyl sites for hydroxylation is 1. The Morgan fingerprint density at radius 2 is 2.18 bits per heavy atom. The second kappa shape index (κ2) is 10.2. The maximum Gasteiger partial charge on any atom is 0.319 e. The van der Waals surface area contributed by atoms with Gasteiger partial charge in [0, 0.05) is 19.3 Å². The Morgan fingerprint density at radius 1 is 1.36 bits per heavy atom. The van der Waals surface area contributed by atoms with Gasteiger partial charge in [-0.05, 0) is 31.4 Å². The second-order valence-electron chi connectivity index (χ2n) is 6.82. The van der Waals surface area contributed by atoms with Gasteiger partial charge in [0.15, 0.2) is 0 Å². The standard InChI is InChI=1S/C19H27N5O4/c1-27-13-15-11-24(23-22-15)10-9-16-7-8-17(18(12-25)28-16)21-19(26)20-14-5-3-2-4-6-14/h2-6,11,16-18,25H,7-10,12-13H2,1H3,(H2,20,21,26)/t16-,17-,18+/m0/s1. The van der Waals surface area contributed by atoms with Crippen LogP contribution in [0.2, 0.25) is 0 Å². The van der Waals surface area contributed by atoms with Gasteiger partial charge in [0.2, 0.25) is 0 Å². The maximum absolute atomic E-state index is 12.2. The summed E-state index contributed by atoms with van der Waals surface area (Å²) in [5.74, 6) is 0. The van der Waals surface area contributed by atoms with Gasteiger partial charge in [-0.25, -0.2) is 4.79 Å². The molecule has 3 rings (SSSR count). The van der Waals surface area contributed by atoms with Crippen LogP contribution in [0, 0.1) is 0 Å². The number of rotatable bonds is 8. The fraction of sp³-hybridized carbons (Fsp3) is 0.526. The first kappa shape index (κ1) is 20.2. The van der Waals surface area contributed by atoms with E-state index in [0.717, 1.165) is 30.6 Å². The number of nitrogens with zero attached hydrogens (tertiary/aromatic N) is 3. The van der Waals surface area contributed by atoms with E-state index in [-0.39, 0.29) is 24.8 Å². The number of ether oxygens (including phenoxy) is 2. The molecule has 1 aromatic carbocycles. The molecule has 9 heteroatoms. The lowest BCUT2D eigenvalue weighted by molar-refractivity contribution is -0.0905. The van der Waals surface area contributed by atoms with Crippen LogP contribution in [-0.4, -0.2) is 58.1 Å². The fourth-order valence-corrected chi connectivity index (χ4v) is 3.30. The molecule has 0 spiro atoms. The molecular formula is C19H27N5O4. The van der Waals surface area contributed by atoms with Crippen molar-refractivity contribution in [3.05, 3.63) is 42.2 Å². The number of aromatic nitrogens is 3. The number of benzene rings is 1. The van der Waals surface area contributed by atoms with Crippen LogP contribution in [0.1, 0.15) is 25.0 Å². The third-order valence-electron chi connectivity index (χ3n) is 4.70. The number of para-hydroxylation sites is 1. The molecule has 0 saturated carbocycles. The smallest absolute Gasteiger partial charge is 0.319 e. The number of hydrogen-bond acceptors (Lipinski definition) is 6. The molecule has 0 aliphatic carbocycles. The molecule has 2 aromatic rings. The summed E-state index contributed by atoms with van der Waals surface area (Å²) in [5.41, 5.74) is 1.50. The van der Waals surface area contributed by atoms with Crippen molar-refractivity contribution in [3.8, 4) is 0 Å². The normalized spacial score (nSPS) is 22.0. The van der Waals surface area contributed by atoms with Crippen molar-refractivity contribution in [2.75, 3.05) is 19.0 Å². The van der Waals surface area contributed by atoms with Gasteiger partial charge < -0.3 is 25.2 Å². The van der Waals surface area contributed by atoms with Crippen LogP contribution in [0.5, 0.6) is 0 Å². The van der Waals surface area contributed by atoms with Gasteiger partial charge in [-0.1, -0.05) is 23.4 Å². The first-order valence-corrected chi connectivity index (χ1v) is 9.44. The lowest BCUT2D eigenvalue weighted by Crippen LogP contribution is -2.52. The number of aliphatic hydroxyl groups is 1. The second-order valence-corrected chi connectivity index (χ2v) is 6.82. The molecule has 9 nitrogen and oxygen atoms in total. The van der Waals surface area contributed by atoms with Crippen molar-refractivity contribution in [2.24, 2.45) is 0 Å². The predicted octanol–water partition coefficient (Wildman–Crippen LogP) is 1.54. The van der Waals surface area contributed by atoms with E-state index in [1.54, 1.807) is 11.8 Å². The zero-order valence-electron chi connectivity index (χ0n) is 16.0. The summed E-state index contributed by atoms with van der Waals surface area (Å²) in [6.07, 6.45) is 3.72. The van der Waals surface area contributed by atoms with E-state index >= 15 is 0 Å². The highest BCUT2D eigenvalue weighted by Crippen LogP contribution is 2.22. The monoisotopic (exact) mass is 389 g/mol. The van der Waals surface area contributed by atoms with Crippen LogP contribution in [-0.2, 0) is 22.6 Å². The zero-order valence-corrected chi connectivity index (χ0v) is 16.0. The maximum atomic E-state index is 12.2. The molecule has 1 aliphatic rings. The minimum Gasteiger partial charge on any atom is -0.394 e. The number of nitrogens with one attached hydrogen (secondary N) is 2. The highest BCUT2D eigenvalue weighted by molar-refractivity contribution is 5.89. The molecule has 152 valence electrons. The largest absolute Gasteiger partial charge is 0.394 e.